The number of piperazine rings is 1. The van der Waals surface area contributed by atoms with Crippen LogP contribution in [0.2, 0.25) is 0 Å². The van der Waals surface area contributed by atoms with Gasteiger partial charge in [0.05, 0.1) is 20.9 Å². The fraction of sp³-hybridized carbons (Fsp3) is 0.250. The van der Waals surface area contributed by atoms with Gasteiger partial charge in [0.25, 0.3) is 11.6 Å². The summed E-state index contributed by atoms with van der Waals surface area (Å²) in [5.74, 6) is -0.433. The molecule has 0 radical (unpaired) electrons. The number of halogens is 3. The molecule has 0 unspecified atom stereocenters. The zero-order valence-electron chi connectivity index (χ0n) is 16.9. The van der Waals surface area contributed by atoms with Crippen molar-refractivity contribution in [2.75, 3.05) is 26.2 Å². The van der Waals surface area contributed by atoms with Gasteiger partial charge in [0.1, 0.15) is 0 Å². The van der Waals surface area contributed by atoms with Gasteiger partial charge in [0, 0.05) is 55.4 Å². The number of H-pyrrole nitrogens is 1. The number of hydrogen-bond acceptors (Lipinski definition) is 5. The Labute approximate surface area is 185 Å². The molecule has 9 nitrogen and oxygen atoms in total. The number of nitro benzene ring substituents is 1. The highest BCUT2D eigenvalue weighted by Crippen LogP contribution is 2.31. The number of rotatable bonds is 4. The first-order chi connectivity index (χ1) is 15.5. The summed E-state index contributed by atoms with van der Waals surface area (Å²) in [4.78, 5) is 27.3. The molecule has 1 aliphatic rings. The molecule has 174 valence electrons. The molecule has 1 aliphatic heterocycles. The molecule has 33 heavy (non-hydrogen) atoms. The van der Waals surface area contributed by atoms with Crippen LogP contribution in [0.4, 0.5) is 18.9 Å². The molecule has 0 aliphatic carbocycles. The molecule has 0 bridgehead atoms. The number of aromatic amines is 1. The van der Waals surface area contributed by atoms with E-state index in [1.54, 1.807) is 0 Å². The predicted octanol–water partition coefficient (Wildman–Crippen LogP) is 3.24. The highest BCUT2D eigenvalue weighted by molar-refractivity contribution is 7.89. The minimum absolute atomic E-state index is 0.0125. The Bertz CT molecular complexity index is 1350. The average molecular weight is 482 g/mol. The average Bonchev–Trinajstić information content (AvgIpc) is 3.21. The van der Waals surface area contributed by atoms with Gasteiger partial charge in [-0.05, 0) is 24.3 Å². The SMILES string of the molecule is O=C(c1c[nH]c2ccc([N+](=O)[O-])cc12)N1CCN(S(=O)(=O)c2cccc(C(F)(F)F)c2)CC1. The summed E-state index contributed by atoms with van der Waals surface area (Å²) in [6.07, 6.45) is -3.24. The van der Waals surface area contributed by atoms with Gasteiger partial charge in [-0.15, -0.1) is 0 Å². The first-order valence-corrected chi connectivity index (χ1v) is 11.1. The summed E-state index contributed by atoms with van der Waals surface area (Å²) in [6, 6.07) is 7.60. The molecule has 0 atom stereocenters. The van der Waals surface area contributed by atoms with Crippen molar-refractivity contribution in [3.05, 3.63) is 69.9 Å². The number of fused-ring (bicyclic) bond motifs is 1. The second kappa shape index (κ2) is 8.15. The van der Waals surface area contributed by atoms with Crippen molar-refractivity contribution < 1.29 is 31.3 Å². The van der Waals surface area contributed by atoms with Crippen molar-refractivity contribution in [2.45, 2.75) is 11.1 Å². The van der Waals surface area contributed by atoms with Crippen LogP contribution in [0.15, 0.2) is 53.6 Å². The maximum absolute atomic E-state index is 13.0. The predicted molar refractivity (Wildman–Crippen MR) is 111 cm³/mol. The molecular weight excluding hydrogens is 465 g/mol. The normalized spacial score (nSPS) is 15.7. The van der Waals surface area contributed by atoms with Crippen molar-refractivity contribution in [1.29, 1.82) is 0 Å². The summed E-state index contributed by atoms with van der Waals surface area (Å²) in [5.41, 5.74) is -0.489. The van der Waals surface area contributed by atoms with Crippen LogP contribution in [-0.4, -0.2) is 59.6 Å². The van der Waals surface area contributed by atoms with Crippen LogP contribution in [0.25, 0.3) is 10.9 Å². The van der Waals surface area contributed by atoms with E-state index in [-0.39, 0.29) is 37.4 Å². The Morgan fingerprint density at radius 3 is 2.39 bits per heavy atom. The number of nitrogens with zero attached hydrogens (tertiary/aromatic N) is 3. The second-order valence-electron chi connectivity index (χ2n) is 7.41. The van der Waals surface area contributed by atoms with Gasteiger partial charge >= 0.3 is 6.18 Å². The number of nitro groups is 1. The monoisotopic (exact) mass is 482 g/mol. The van der Waals surface area contributed by atoms with Gasteiger partial charge in [0.15, 0.2) is 0 Å². The molecule has 1 N–H and O–H groups in total. The molecule has 1 fully saturated rings. The van der Waals surface area contributed by atoms with E-state index >= 15 is 0 Å². The summed E-state index contributed by atoms with van der Waals surface area (Å²) >= 11 is 0. The largest absolute Gasteiger partial charge is 0.416 e. The first kappa shape index (κ1) is 22.7. The van der Waals surface area contributed by atoms with E-state index in [0.29, 0.717) is 17.0 Å². The quantitative estimate of drug-likeness (QED) is 0.453. The van der Waals surface area contributed by atoms with E-state index in [9.17, 15) is 36.5 Å². The van der Waals surface area contributed by atoms with E-state index in [2.05, 4.69) is 4.98 Å². The Kier molecular flexibility index (Phi) is 5.62. The number of aromatic nitrogens is 1. The van der Waals surface area contributed by atoms with Crippen molar-refractivity contribution >= 4 is 32.5 Å². The van der Waals surface area contributed by atoms with Crippen molar-refractivity contribution in [3.63, 3.8) is 0 Å². The third-order valence-electron chi connectivity index (χ3n) is 5.43. The van der Waals surface area contributed by atoms with Gasteiger partial charge < -0.3 is 9.88 Å². The smallest absolute Gasteiger partial charge is 0.360 e. The fourth-order valence-corrected chi connectivity index (χ4v) is 5.15. The molecule has 13 heteroatoms. The third-order valence-corrected chi connectivity index (χ3v) is 7.33. The molecule has 1 saturated heterocycles. The van der Waals surface area contributed by atoms with Crippen LogP contribution in [-0.2, 0) is 16.2 Å². The molecule has 0 spiro atoms. The number of alkyl halides is 3. The first-order valence-electron chi connectivity index (χ1n) is 9.71. The Hall–Kier alpha value is -3.45. The van der Waals surface area contributed by atoms with Crippen LogP contribution in [0.1, 0.15) is 15.9 Å². The van der Waals surface area contributed by atoms with Crippen LogP contribution in [0.3, 0.4) is 0 Å². The van der Waals surface area contributed by atoms with Crippen LogP contribution >= 0.6 is 0 Å². The van der Waals surface area contributed by atoms with Gasteiger partial charge in [-0.3, -0.25) is 14.9 Å². The zero-order chi connectivity index (χ0) is 24.0. The van der Waals surface area contributed by atoms with E-state index in [0.717, 1.165) is 22.5 Å². The highest BCUT2D eigenvalue weighted by Gasteiger charge is 2.35. The maximum atomic E-state index is 13.0. The van der Waals surface area contributed by atoms with E-state index in [1.165, 1.54) is 29.3 Å². The van der Waals surface area contributed by atoms with Crippen molar-refractivity contribution in [3.8, 4) is 0 Å². The number of nitrogens with one attached hydrogen (secondary N) is 1. The Morgan fingerprint density at radius 2 is 1.76 bits per heavy atom. The number of hydrogen-bond donors (Lipinski definition) is 1. The summed E-state index contributed by atoms with van der Waals surface area (Å²) in [6.45, 7) is -0.184. The van der Waals surface area contributed by atoms with Gasteiger partial charge in [-0.25, -0.2) is 8.42 Å². The summed E-state index contributed by atoms with van der Waals surface area (Å²) in [5, 5.41) is 11.4. The third kappa shape index (κ3) is 4.28. The van der Waals surface area contributed by atoms with Crippen molar-refractivity contribution in [2.24, 2.45) is 0 Å². The number of benzene rings is 2. The number of non-ortho nitro benzene ring substituents is 1. The zero-order valence-corrected chi connectivity index (χ0v) is 17.7. The van der Waals surface area contributed by atoms with E-state index < -0.39 is 37.5 Å². The number of amides is 1. The molecule has 1 aromatic heterocycles. The summed E-state index contributed by atoms with van der Waals surface area (Å²) in [7, 11) is -4.18. The van der Waals surface area contributed by atoms with Gasteiger partial charge in [-0.2, -0.15) is 17.5 Å². The molecular formula is C20H17F3N4O5S. The van der Waals surface area contributed by atoms with Crippen LogP contribution in [0, 0.1) is 10.1 Å². The van der Waals surface area contributed by atoms with Crippen molar-refractivity contribution in [1.82, 2.24) is 14.2 Å². The highest BCUT2D eigenvalue weighted by atomic mass is 32.2. The molecule has 0 saturated carbocycles. The maximum Gasteiger partial charge on any atom is 0.416 e. The van der Waals surface area contributed by atoms with Gasteiger partial charge in [0.2, 0.25) is 10.0 Å². The van der Waals surface area contributed by atoms with Crippen LogP contribution < -0.4 is 0 Å². The van der Waals surface area contributed by atoms with Gasteiger partial charge in [-0.1, -0.05) is 6.07 Å². The molecule has 1 amide bonds. The molecule has 3 aromatic rings. The summed E-state index contributed by atoms with van der Waals surface area (Å²) < 4.78 is 65.6. The molecule has 4 rings (SSSR count). The number of carbonyl (C=O) groups excluding carboxylic acids is 1. The minimum Gasteiger partial charge on any atom is -0.360 e. The Morgan fingerprint density at radius 1 is 1.06 bits per heavy atom. The Balaban J connectivity index is 1.51. The lowest BCUT2D eigenvalue weighted by Gasteiger charge is -2.34. The minimum atomic E-state index is -4.68. The number of carbonyl (C=O) groups is 1. The lowest BCUT2D eigenvalue weighted by atomic mass is 10.1. The topological polar surface area (TPSA) is 117 Å². The lowest BCUT2D eigenvalue weighted by molar-refractivity contribution is -0.384. The van der Waals surface area contributed by atoms with E-state index in [1.807, 2.05) is 0 Å². The standard InChI is InChI=1S/C20H17F3N4O5S/c21-20(22,23)13-2-1-3-15(10-13)33(31,32)26-8-6-25(7-9-26)19(28)17-12-24-18-5-4-14(27(29)30)11-16(17)18/h1-5,10-12,24H,6-9H2. The van der Waals surface area contributed by atoms with E-state index in [4.69, 9.17) is 0 Å². The molecule has 2 heterocycles. The second-order valence-corrected chi connectivity index (χ2v) is 9.35. The van der Waals surface area contributed by atoms with Crippen LogP contribution in [0.5, 0.6) is 0 Å². The lowest BCUT2D eigenvalue weighted by Crippen LogP contribution is -2.50. The number of sulfonamides is 1. The fourth-order valence-electron chi connectivity index (χ4n) is 3.68. The molecule has 2 aromatic carbocycles.